The zero-order valence-corrected chi connectivity index (χ0v) is 73.8. The third kappa shape index (κ3) is 88.6. The summed E-state index contributed by atoms with van der Waals surface area (Å²) >= 11 is 0. The molecule has 0 fully saturated rings. The number of unbranched alkanes of at least 4 members (excludes halogenated alkanes) is 44. The number of carbonyl (C=O) groups is 3. The van der Waals surface area contributed by atoms with Crippen LogP contribution in [0, 0.1) is 0 Å². The van der Waals surface area contributed by atoms with Crippen LogP contribution in [-0.4, -0.2) is 95.9 Å². The fourth-order valence-electron chi connectivity index (χ4n) is 12.8. The molecular weight excluding hydrogens is 1460 g/mol. The molecule has 0 rings (SSSR count). The number of ether oxygens (including phenoxy) is 3. The molecular formula is C95H168O16P2. The van der Waals surface area contributed by atoms with Gasteiger partial charge in [0, 0.05) is 19.3 Å². The summed E-state index contributed by atoms with van der Waals surface area (Å²) < 4.78 is 61.4. The summed E-state index contributed by atoms with van der Waals surface area (Å²) in [6.07, 6.45) is 107. The van der Waals surface area contributed by atoms with Gasteiger partial charge in [0.2, 0.25) is 0 Å². The fourth-order valence-corrected chi connectivity index (χ4v) is 14.4. The lowest BCUT2D eigenvalue weighted by Crippen LogP contribution is -2.30. The molecule has 0 saturated heterocycles. The molecule has 0 aliphatic carbocycles. The zero-order chi connectivity index (χ0) is 82.2. The Kier molecular flexibility index (Phi) is 84.1. The number of rotatable bonds is 87. The van der Waals surface area contributed by atoms with Crippen LogP contribution in [0.4, 0.5) is 0 Å². The molecule has 5 atom stereocenters. The topological polar surface area (TPSA) is 231 Å². The summed E-state index contributed by atoms with van der Waals surface area (Å²) in [4.78, 5) is 58.9. The fraction of sp³-hybridized carbons (Fsp3) is 0.758. The molecule has 0 spiro atoms. The van der Waals surface area contributed by atoms with Gasteiger partial charge >= 0.3 is 33.6 Å². The van der Waals surface area contributed by atoms with Crippen LogP contribution in [0.25, 0.3) is 0 Å². The largest absolute Gasteiger partial charge is 0.472 e. The highest BCUT2D eigenvalue weighted by atomic mass is 31.2. The summed E-state index contributed by atoms with van der Waals surface area (Å²) in [6.45, 7) is 2.53. The van der Waals surface area contributed by atoms with Gasteiger partial charge in [0.1, 0.15) is 25.4 Å². The molecule has 0 heterocycles. The molecule has 0 aromatic carbocycles. The van der Waals surface area contributed by atoms with Gasteiger partial charge in [0.15, 0.2) is 6.10 Å². The van der Waals surface area contributed by atoms with E-state index in [-0.39, 0.29) is 19.3 Å². The predicted molar refractivity (Wildman–Crippen MR) is 473 cm³/mol. The maximum Gasteiger partial charge on any atom is 0.472 e. The number of aliphatic hydroxyl groups is 2. The van der Waals surface area contributed by atoms with Gasteiger partial charge in [-0.2, -0.15) is 0 Å². The van der Waals surface area contributed by atoms with E-state index in [4.69, 9.17) is 32.3 Å². The van der Waals surface area contributed by atoms with E-state index >= 15 is 0 Å². The van der Waals surface area contributed by atoms with Crippen molar-refractivity contribution in [3.8, 4) is 0 Å². The second kappa shape index (κ2) is 87.3. The van der Waals surface area contributed by atoms with Crippen LogP contribution in [0.3, 0.4) is 0 Å². The van der Waals surface area contributed by atoms with E-state index in [9.17, 15) is 43.5 Å². The third-order valence-corrected chi connectivity index (χ3v) is 21.6. The van der Waals surface area contributed by atoms with E-state index in [0.29, 0.717) is 19.3 Å². The van der Waals surface area contributed by atoms with Crippen molar-refractivity contribution in [2.75, 3.05) is 39.6 Å². The van der Waals surface area contributed by atoms with Crippen LogP contribution in [0.5, 0.6) is 0 Å². The summed E-state index contributed by atoms with van der Waals surface area (Å²) in [7, 11) is -9.79. The number of hydrogen-bond donors (Lipinski definition) is 4. The van der Waals surface area contributed by atoms with Gasteiger partial charge in [-0.05, 0) is 109 Å². The highest BCUT2D eigenvalue weighted by Crippen LogP contribution is 2.45. The number of hydrogen-bond acceptors (Lipinski definition) is 14. The maximum atomic E-state index is 13.0. The zero-order valence-electron chi connectivity index (χ0n) is 72.0. The van der Waals surface area contributed by atoms with Crippen LogP contribution in [0.2, 0.25) is 0 Å². The predicted octanol–water partition coefficient (Wildman–Crippen LogP) is 28.0. The van der Waals surface area contributed by atoms with Gasteiger partial charge in [0.25, 0.3) is 0 Å². The van der Waals surface area contributed by atoms with E-state index < -0.39 is 91.5 Å². The summed E-state index contributed by atoms with van der Waals surface area (Å²) in [5.74, 6) is -1.55. The number of phosphoric ester groups is 2. The lowest BCUT2D eigenvalue weighted by molar-refractivity contribution is -0.161. The molecule has 0 aromatic heterocycles. The summed E-state index contributed by atoms with van der Waals surface area (Å²) in [5.41, 5.74) is 0. The smallest absolute Gasteiger partial charge is 0.463 e. The number of allylic oxidation sites excluding steroid dienone is 20. The van der Waals surface area contributed by atoms with Gasteiger partial charge in [-0.3, -0.25) is 32.5 Å². The number of aliphatic hydroxyl groups excluding tert-OH is 2. The molecule has 4 N–H and O–H groups in total. The van der Waals surface area contributed by atoms with Crippen molar-refractivity contribution in [2.24, 2.45) is 0 Å². The van der Waals surface area contributed by atoms with E-state index in [2.05, 4.69) is 142 Å². The molecule has 5 unspecified atom stereocenters. The Morgan fingerprint density at radius 3 is 0.743 bits per heavy atom. The van der Waals surface area contributed by atoms with E-state index in [0.717, 1.165) is 141 Å². The minimum atomic E-state index is -4.93. The van der Waals surface area contributed by atoms with E-state index in [1.807, 2.05) is 0 Å². The molecule has 18 heteroatoms. The molecule has 0 aliphatic rings. The summed E-state index contributed by atoms with van der Waals surface area (Å²) in [5, 5.41) is 20.7. The van der Waals surface area contributed by atoms with Gasteiger partial charge in [-0.25, -0.2) is 9.13 Å². The third-order valence-electron chi connectivity index (χ3n) is 19.7. The van der Waals surface area contributed by atoms with Gasteiger partial charge < -0.3 is 34.2 Å². The maximum absolute atomic E-state index is 13.0. The van der Waals surface area contributed by atoms with Crippen molar-refractivity contribution >= 4 is 33.6 Å². The van der Waals surface area contributed by atoms with Gasteiger partial charge in [0.05, 0.1) is 26.4 Å². The molecule has 0 aromatic rings. The molecule has 16 nitrogen and oxygen atoms in total. The normalized spacial score (nSPS) is 14.4. The highest BCUT2D eigenvalue weighted by molar-refractivity contribution is 7.47. The lowest BCUT2D eigenvalue weighted by atomic mass is 10.0. The van der Waals surface area contributed by atoms with Crippen LogP contribution in [-0.2, 0) is 55.8 Å². The minimum absolute atomic E-state index is 0.108. The van der Waals surface area contributed by atoms with E-state index in [1.54, 1.807) is 0 Å². The minimum Gasteiger partial charge on any atom is -0.463 e. The Balaban J connectivity index is 4.41. The Bertz CT molecular complexity index is 2540. The average Bonchev–Trinajstić information content (AvgIpc) is 0.904. The monoisotopic (exact) mass is 1630 g/mol. The van der Waals surface area contributed by atoms with Gasteiger partial charge in [-0.1, -0.05) is 399 Å². The number of phosphoric acid groups is 2. The SMILES string of the molecule is CC/C=C\C/C=C\C/C=C\C/C=C\C/C=C\CCCCCCCCCCCCCCCCCCCCCC(=O)OCC(O)COP(=O)(O)OCC(O)COP(=O)(O)OCC(COC(=O)CCCCCCCCCCCCC/C=C\C/C=C\C/C=C\C/C=C\C/C=C\CC)OC(=O)CCCCCCCCCCCCCCCCC. The first-order valence-corrected chi connectivity index (χ1v) is 48.8. The highest BCUT2D eigenvalue weighted by Gasteiger charge is 2.29. The van der Waals surface area contributed by atoms with Crippen molar-refractivity contribution in [3.05, 3.63) is 122 Å². The van der Waals surface area contributed by atoms with Crippen molar-refractivity contribution in [2.45, 2.75) is 424 Å². The number of carbonyl (C=O) groups excluding carboxylic acids is 3. The Morgan fingerprint density at radius 2 is 0.469 bits per heavy atom. The summed E-state index contributed by atoms with van der Waals surface area (Å²) in [6, 6.07) is 0. The van der Waals surface area contributed by atoms with Crippen molar-refractivity contribution in [3.63, 3.8) is 0 Å². The second-order valence-electron chi connectivity index (χ2n) is 30.7. The Labute approximate surface area is 691 Å². The molecule has 0 aliphatic heterocycles. The molecule has 0 saturated carbocycles. The van der Waals surface area contributed by atoms with Crippen molar-refractivity contribution in [1.82, 2.24) is 0 Å². The Morgan fingerprint density at radius 1 is 0.257 bits per heavy atom. The first-order valence-electron chi connectivity index (χ1n) is 45.8. The first kappa shape index (κ1) is 109. The molecule has 0 amide bonds. The standard InChI is InChI=1S/C95H168O16P2/c1-4-7-10-13-16-19-22-25-28-30-32-34-36-38-40-41-42-43-44-45-46-47-49-51-52-54-56-58-61-63-66-69-72-75-78-81-93(98)105-84-90(96)85-107-112(101,102)108-86-91(97)87-109-113(103,104)110-89-92(111-95(100)83-80-77-74-71-68-65-60-27-24-21-18-15-12-9-6-3)88-106-94(99)82-79-76-73-70-67-64-62-59-57-55-53-50-48-39-37-35-33-31-29-26-23-20-17-14-11-8-5-2/h7-8,10-11,16-17,19-20,25-26,28-29,32-35,38-40,48,90-92,96-97H,4-6,9,12-15,18,21-24,27,30-31,36-37,41-47,49-89H2,1-3H3,(H,101,102)(H,103,104)/b10-7-,11-8-,19-16-,20-17-,28-25-,29-26-,34-32-,35-33-,40-38-,48-39-. The first-order chi connectivity index (χ1) is 55.2. The van der Waals surface area contributed by atoms with Crippen LogP contribution >= 0.6 is 15.6 Å². The molecule has 0 radical (unpaired) electrons. The molecule has 113 heavy (non-hydrogen) atoms. The number of esters is 3. The van der Waals surface area contributed by atoms with Crippen LogP contribution in [0.1, 0.15) is 406 Å². The molecule has 654 valence electrons. The average molecular weight is 1630 g/mol. The van der Waals surface area contributed by atoms with Gasteiger partial charge in [-0.15, -0.1) is 0 Å². The van der Waals surface area contributed by atoms with Crippen LogP contribution in [0.15, 0.2) is 122 Å². The van der Waals surface area contributed by atoms with E-state index in [1.165, 1.54) is 205 Å². The van der Waals surface area contributed by atoms with Crippen molar-refractivity contribution < 1.29 is 75.8 Å². The van der Waals surface area contributed by atoms with Crippen LogP contribution < -0.4 is 0 Å². The Hall–Kier alpha value is -4.05. The lowest BCUT2D eigenvalue weighted by Gasteiger charge is -2.21. The molecule has 0 bridgehead atoms. The van der Waals surface area contributed by atoms with Crippen molar-refractivity contribution in [1.29, 1.82) is 0 Å². The quantitative estimate of drug-likeness (QED) is 0.0146. The second-order valence-corrected chi connectivity index (χ2v) is 33.6.